The number of nitriles is 1. The summed E-state index contributed by atoms with van der Waals surface area (Å²) >= 11 is 0. The summed E-state index contributed by atoms with van der Waals surface area (Å²) in [5, 5.41) is 11.6. The highest BCUT2D eigenvalue weighted by atomic mass is 19.1. The van der Waals surface area contributed by atoms with Crippen LogP contribution in [0.5, 0.6) is 0 Å². The molecular formula is C8H5FN4. The molecule has 0 heterocycles. The maximum atomic E-state index is 13.0. The van der Waals surface area contributed by atoms with Gasteiger partial charge in [-0.05, 0) is 23.2 Å². The van der Waals surface area contributed by atoms with E-state index in [0.717, 1.165) is 6.07 Å². The third kappa shape index (κ3) is 2.19. The number of nitrogens with zero attached hydrogens (tertiary/aromatic N) is 4. The van der Waals surface area contributed by atoms with Gasteiger partial charge in [0.1, 0.15) is 5.82 Å². The molecule has 13 heavy (non-hydrogen) atoms. The second-order valence-electron chi connectivity index (χ2n) is 2.31. The molecule has 1 aromatic rings. The number of benzene rings is 1. The van der Waals surface area contributed by atoms with Gasteiger partial charge in [-0.15, -0.1) is 0 Å². The standard InChI is InChI=1S/C8H5FN4/c9-8-3-6(4-10)1-2-7(8)5-12-13-11/h1-3H,5H2. The van der Waals surface area contributed by atoms with Crippen LogP contribution >= 0.6 is 0 Å². The molecule has 0 aliphatic rings. The minimum absolute atomic E-state index is 0.0337. The molecule has 0 N–H and O–H groups in total. The summed E-state index contributed by atoms with van der Waals surface area (Å²) < 4.78 is 13.0. The van der Waals surface area contributed by atoms with Crippen LogP contribution in [0.3, 0.4) is 0 Å². The highest BCUT2D eigenvalue weighted by molar-refractivity contribution is 5.32. The van der Waals surface area contributed by atoms with Crippen molar-refractivity contribution in [2.45, 2.75) is 6.54 Å². The second kappa shape index (κ2) is 4.10. The van der Waals surface area contributed by atoms with Crippen LogP contribution in [0, 0.1) is 17.1 Å². The molecule has 0 aromatic heterocycles. The number of halogens is 1. The predicted molar refractivity (Wildman–Crippen MR) is 44.0 cm³/mol. The van der Waals surface area contributed by atoms with Crippen molar-refractivity contribution >= 4 is 0 Å². The summed E-state index contributed by atoms with van der Waals surface area (Å²) in [5.74, 6) is -0.522. The lowest BCUT2D eigenvalue weighted by Gasteiger charge is -1.97. The van der Waals surface area contributed by atoms with E-state index in [1.807, 2.05) is 6.07 Å². The van der Waals surface area contributed by atoms with E-state index in [1.165, 1.54) is 12.1 Å². The lowest BCUT2D eigenvalue weighted by molar-refractivity contribution is 0.610. The first-order chi connectivity index (χ1) is 6.27. The van der Waals surface area contributed by atoms with E-state index >= 15 is 0 Å². The van der Waals surface area contributed by atoms with Crippen LogP contribution in [0.15, 0.2) is 23.3 Å². The Morgan fingerprint density at radius 2 is 2.38 bits per heavy atom. The Labute approximate surface area is 73.9 Å². The van der Waals surface area contributed by atoms with Gasteiger partial charge in [-0.3, -0.25) is 0 Å². The van der Waals surface area contributed by atoms with E-state index < -0.39 is 5.82 Å². The van der Waals surface area contributed by atoms with Gasteiger partial charge < -0.3 is 0 Å². The fourth-order valence-corrected chi connectivity index (χ4v) is 0.853. The van der Waals surface area contributed by atoms with Crippen molar-refractivity contribution in [2.75, 3.05) is 0 Å². The van der Waals surface area contributed by atoms with E-state index in [0.29, 0.717) is 0 Å². The normalized spacial score (nSPS) is 8.62. The van der Waals surface area contributed by atoms with Crippen LogP contribution in [0.25, 0.3) is 10.4 Å². The maximum Gasteiger partial charge on any atom is 0.127 e. The zero-order valence-corrected chi connectivity index (χ0v) is 6.61. The minimum atomic E-state index is -0.522. The Hall–Kier alpha value is -2.05. The Kier molecular flexibility index (Phi) is 2.85. The van der Waals surface area contributed by atoms with E-state index in [-0.39, 0.29) is 17.7 Å². The highest BCUT2D eigenvalue weighted by Gasteiger charge is 2.01. The summed E-state index contributed by atoms with van der Waals surface area (Å²) in [6.45, 7) is -0.0337. The maximum absolute atomic E-state index is 13.0. The Morgan fingerprint density at radius 3 is 2.92 bits per heavy atom. The molecule has 5 heteroatoms. The molecule has 4 nitrogen and oxygen atoms in total. The Bertz CT molecular complexity index is 401. The lowest BCUT2D eigenvalue weighted by atomic mass is 10.1. The molecule has 0 fully saturated rings. The third-order valence-corrected chi connectivity index (χ3v) is 1.49. The van der Waals surface area contributed by atoms with Crippen molar-refractivity contribution < 1.29 is 4.39 Å². The van der Waals surface area contributed by atoms with Crippen LogP contribution < -0.4 is 0 Å². The molecule has 0 aliphatic heterocycles. The van der Waals surface area contributed by atoms with Gasteiger partial charge in [0.2, 0.25) is 0 Å². The molecule has 0 atom stereocenters. The average Bonchev–Trinajstić information content (AvgIpc) is 2.16. The van der Waals surface area contributed by atoms with Gasteiger partial charge in [0.25, 0.3) is 0 Å². The van der Waals surface area contributed by atoms with Gasteiger partial charge in [-0.2, -0.15) is 5.26 Å². The van der Waals surface area contributed by atoms with E-state index in [9.17, 15) is 4.39 Å². The Balaban J connectivity index is 2.99. The number of azide groups is 1. The van der Waals surface area contributed by atoms with Gasteiger partial charge >= 0.3 is 0 Å². The zero-order valence-electron chi connectivity index (χ0n) is 6.61. The van der Waals surface area contributed by atoms with Crippen LogP contribution in [0.4, 0.5) is 4.39 Å². The van der Waals surface area contributed by atoms with Crippen molar-refractivity contribution in [3.05, 3.63) is 45.6 Å². The van der Waals surface area contributed by atoms with E-state index in [2.05, 4.69) is 10.0 Å². The van der Waals surface area contributed by atoms with Crippen molar-refractivity contribution in [3.63, 3.8) is 0 Å². The molecule has 0 spiro atoms. The third-order valence-electron chi connectivity index (χ3n) is 1.49. The van der Waals surface area contributed by atoms with Crippen molar-refractivity contribution in [1.82, 2.24) is 0 Å². The highest BCUT2D eigenvalue weighted by Crippen LogP contribution is 2.10. The molecule has 64 valence electrons. The predicted octanol–water partition coefficient (Wildman–Crippen LogP) is 2.51. The van der Waals surface area contributed by atoms with Crippen molar-refractivity contribution in [3.8, 4) is 6.07 Å². The van der Waals surface area contributed by atoms with Gasteiger partial charge in [-0.1, -0.05) is 11.2 Å². The molecule has 0 saturated heterocycles. The quantitative estimate of drug-likeness (QED) is 0.387. The molecule has 1 rings (SSSR count). The van der Waals surface area contributed by atoms with E-state index in [4.69, 9.17) is 10.8 Å². The first-order valence-electron chi connectivity index (χ1n) is 3.47. The fourth-order valence-electron chi connectivity index (χ4n) is 0.853. The number of hydrogen-bond acceptors (Lipinski definition) is 2. The van der Waals surface area contributed by atoms with Crippen LogP contribution in [0.2, 0.25) is 0 Å². The van der Waals surface area contributed by atoms with Gasteiger partial charge in [0.15, 0.2) is 0 Å². The zero-order chi connectivity index (χ0) is 9.68. The summed E-state index contributed by atoms with van der Waals surface area (Å²) in [5.41, 5.74) is 8.54. The minimum Gasteiger partial charge on any atom is -0.207 e. The molecule has 0 aliphatic carbocycles. The number of rotatable bonds is 2. The van der Waals surface area contributed by atoms with Crippen LogP contribution in [-0.4, -0.2) is 0 Å². The summed E-state index contributed by atoms with van der Waals surface area (Å²) in [6.07, 6.45) is 0. The molecule has 0 amide bonds. The largest absolute Gasteiger partial charge is 0.207 e. The van der Waals surface area contributed by atoms with Crippen molar-refractivity contribution in [2.24, 2.45) is 5.11 Å². The first-order valence-corrected chi connectivity index (χ1v) is 3.47. The van der Waals surface area contributed by atoms with Crippen molar-refractivity contribution in [1.29, 1.82) is 5.26 Å². The van der Waals surface area contributed by atoms with Crippen LogP contribution in [0.1, 0.15) is 11.1 Å². The smallest absolute Gasteiger partial charge is 0.127 e. The fraction of sp³-hybridized carbons (Fsp3) is 0.125. The summed E-state index contributed by atoms with van der Waals surface area (Å²) in [4.78, 5) is 2.51. The molecule has 1 aromatic carbocycles. The van der Waals surface area contributed by atoms with E-state index in [1.54, 1.807) is 0 Å². The Morgan fingerprint density at radius 1 is 1.62 bits per heavy atom. The van der Waals surface area contributed by atoms with Crippen LogP contribution in [-0.2, 0) is 6.54 Å². The average molecular weight is 176 g/mol. The SMILES string of the molecule is N#Cc1ccc(CN=[N+]=[N-])c(F)c1. The summed E-state index contributed by atoms with van der Waals surface area (Å²) in [7, 11) is 0. The molecule has 0 unspecified atom stereocenters. The monoisotopic (exact) mass is 176 g/mol. The summed E-state index contributed by atoms with van der Waals surface area (Å²) in [6, 6.07) is 5.83. The second-order valence-corrected chi connectivity index (χ2v) is 2.31. The van der Waals surface area contributed by atoms with Gasteiger partial charge in [0.05, 0.1) is 18.2 Å². The topological polar surface area (TPSA) is 72.5 Å². The lowest BCUT2D eigenvalue weighted by Crippen LogP contribution is -1.88. The molecule has 0 saturated carbocycles. The first kappa shape index (κ1) is 9.04. The van der Waals surface area contributed by atoms with Gasteiger partial charge in [-0.25, -0.2) is 4.39 Å². The molecular weight excluding hydrogens is 171 g/mol. The molecule has 0 bridgehead atoms. The number of hydrogen-bond donors (Lipinski definition) is 0. The van der Waals surface area contributed by atoms with Gasteiger partial charge in [0, 0.05) is 4.91 Å². The molecule has 0 radical (unpaired) electrons.